The van der Waals surface area contributed by atoms with Gasteiger partial charge in [-0.05, 0) is 24.3 Å². The van der Waals surface area contributed by atoms with Crippen LogP contribution in [0, 0.1) is 0 Å². The molecule has 1 unspecified atom stereocenters. The molecule has 0 amide bonds. The second-order valence-electron chi connectivity index (χ2n) is 6.10. The van der Waals surface area contributed by atoms with Gasteiger partial charge in [0.2, 0.25) is 5.95 Å². The van der Waals surface area contributed by atoms with Crippen molar-refractivity contribution in [2.45, 2.75) is 6.04 Å². The van der Waals surface area contributed by atoms with Crippen LogP contribution in [0.2, 0.25) is 5.02 Å². The third-order valence-corrected chi connectivity index (χ3v) is 4.93. The largest absolute Gasteiger partial charge is 0.378 e. The number of piperazine rings is 1. The second kappa shape index (κ2) is 6.11. The SMILES string of the molecule is Cn1c(-c2ccc(Cl)cc2)nnc1N1CCN2CCOCC2C1. The zero-order valence-corrected chi connectivity index (χ0v) is 13.9. The van der Waals surface area contributed by atoms with Gasteiger partial charge < -0.3 is 9.64 Å². The Kier molecular flexibility index (Phi) is 3.97. The number of nitrogens with zero attached hydrogens (tertiary/aromatic N) is 5. The van der Waals surface area contributed by atoms with Crippen LogP contribution in [0.1, 0.15) is 0 Å². The number of ether oxygens (including phenoxy) is 1. The fourth-order valence-corrected chi connectivity index (χ4v) is 3.50. The van der Waals surface area contributed by atoms with E-state index in [0.29, 0.717) is 6.04 Å². The van der Waals surface area contributed by atoms with Gasteiger partial charge >= 0.3 is 0 Å². The molecular weight excluding hydrogens is 314 g/mol. The predicted molar refractivity (Wildman–Crippen MR) is 89.8 cm³/mol. The maximum Gasteiger partial charge on any atom is 0.227 e. The van der Waals surface area contributed by atoms with E-state index in [-0.39, 0.29) is 0 Å². The first-order valence-electron chi connectivity index (χ1n) is 7.94. The molecular formula is C16H20ClN5O. The Balaban J connectivity index is 1.57. The van der Waals surface area contributed by atoms with Crippen LogP contribution in [0.5, 0.6) is 0 Å². The molecule has 6 nitrogen and oxygen atoms in total. The van der Waals surface area contributed by atoms with Gasteiger partial charge in [0.25, 0.3) is 0 Å². The fourth-order valence-electron chi connectivity index (χ4n) is 3.37. The molecule has 2 aliphatic rings. The monoisotopic (exact) mass is 333 g/mol. The van der Waals surface area contributed by atoms with Gasteiger partial charge in [0, 0.05) is 43.8 Å². The minimum atomic E-state index is 0.452. The molecule has 0 saturated carbocycles. The van der Waals surface area contributed by atoms with Crippen molar-refractivity contribution >= 4 is 17.5 Å². The second-order valence-corrected chi connectivity index (χ2v) is 6.54. The summed E-state index contributed by atoms with van der Waals surface area (Å²) in [6.45, 7) is 5.65. The number of halogens is 1. The standard InChI is InChI=1S/C16H20ClN5O/c1-20-15(12-2-4-13(17)5-3-12)18-19-16(20)22-7-6-21-8-9-23-11-14(21)10-22/h2-5,14H,6-11H2,1H3. The zero-order chi connectivity index (χ0) is 15.8. The lowest BCUT2D eigenvalue weighted by Gasteiger charge is -2.43. The molecule has 4 rings (SSSR count). The highest BCUT2D eigenvalue weighted by Crippen LogP contribution is 2.25. The average Bonchev–Trinajstić information content (AvgIpc) is 2.97. The topological polar surface area (TPSA) is 46.4 Å². The van der Waals surface area contributed by atoms with Gasteiger partial charge in [-0.25, -0.2) is 0 Å². The molecule has 0 aliphatic carbocycles. The Morgan fingerprint density at radius 3 is 2.78 bits per heavy atom. The van der Waals surface area contributed by atoms with E-state index in [0.717, 1.165) is 61.8 Å². The number of hydrogen-bond acceptors (Lipinski definition) is 5. The number of hydrogen-bond donors (Lipinski definition) is 0. The third kappa shape index (κ3) is 2.82. The molecule has 7 heteroatoms. The quantitative estimate of drug-likeness (QED) is 0.836. The first kappa shape index (κ1) is 14.9. The lowest BCUT2D eigenvalue weighted by Crippen LogP contribution is -2.58. The summed E-state index contributed by atoms with van der Waals surface area (Å²) in [5.74, 6) is 1.78. The summed E-state index contributed by atoms with van der Waals surface area (Å²) in [5, 5.41) is 9.53. The van der Waals surface area contributed by atoms with Crippen molar-refractivity contribution in [2.75, 3.05) is 44.3 Å². The van der Waals surface area contributed by atoms with Gasteiger partial charge in [0.1, 0.15) is 0 Å². The smallest absolute Gasteiger partial charge is 0.227 e. The van der Waals surface area contributed by atoms with E-state index in [4.69, 9.17) is 16.3 Å². The fraction of sp³-hybridized carbons (Fsp3) is 0.500. The predicted octanol–water partition coefficient (Wildman–Crippen LogP) is 1.66. The van der Waals surface area contributed by atoms with Crippen LogP contribution in [0.4, 0.5) is 5.95 Å². The van der Waals surface area contributed by atoms with Gasteiger partial charge in [-0.3, -0.25) is 9.47 Å². The van der Waals surface area contributed by atoms with Gasteiger partial charge in [-0.1, -0.05) is 11.6 Å². The van der Waals surface area contributed by atoms with Crippen molar-refractivity contribution in [3.8, 4) is 11.4 Å². The molecule has 0 radical (unpaired) electrons. The van der Waals surface area contributed by atoms with E-state index >= 15 is 0 Å². The molecule has 2 saturated heterocycles. The summed E-state index contributed by atoms with van der Waals surface area (Å²) in [4.78, 5) is 4.82. The Morgan fingerprint density at radius 1 is 1.13 bits per heavy atom. The van der Waals surface area contributed by atoms with Crippen molar-refractivity contribution in [1.29, 1.82) is 0 Å². The molecule has 2 aromatic rings. The first-order chi connectivity index (χ1) is 11.2. The highest BCUT2D eigenvalue weighted by atomic mass is 35.5. The van der Waals surface area contributed by atoms with Crippen molar-refractivity contribution < 1.29 is 4.74 Å². The molecule has 3 heterocycles. The minimum absolute atomic E-state index is 0.452. The van der Waals surface area contributed by atoms with Crippen LogP contribution in [0.25, 0.3) is 11.4 Å². The van der Waals surface area contributed by atoms with E-state index in [1.165, 1.54) is 0 Å². The number of morpholine rings is 1. The minimum Gasteiger partial charge on any atom is -0.378 e. The van der Waals surface area contributed by atoms with E-state index < -0.39 is 0 Å². The molecule has 0 bridgehead atoms. The summed E-state index contributed by atoms with van der Waals surface area (Å²) in [5.41, 5.74) is 1.02. The van der Waals surface area contributed by atoms with E-state index in [1.807, 2.05) is 31.3 Å². The molecule has 2 aliphatic heterocycles. The van der Waals surface area contributed by atoms with Crippen LogP contribution >= 0.6 is 11.6 Å². The first-order valence-corrected chi connectivity index (χ1v) is 8.32. The summed E-state index contributed by atoms with van der Waals surface area (Å²) in [6, 6.07) is 8.16. The van der Waals surface area contributed by atoms with Crippen LogP contribution < -0.4 is 4.90 Å². The van der Waals surface area contributed by atoms with Gasteiger partial charge in [0.15, 0.2) is 5.82 Å². The maximum absolute atomic E-state index is 5.96. The average molecular weight is 334 g/mol. The van der Waals surface area contributed by atoms with Crippen molar-refractivity contribution in [3.63, 3.8) is 0 Å². The van der Waals surface area contributed by atoms with Gasteiger partial charge in [0.05, 0.1) is 19.3 Å². The van der Waals surface area contributed by atoms with E-state index in [9.17, 15) is 0 Å². The van der Waals surface area contributed by atoms with Crippen molar-refractivity contribution in [2.24, 2.45) is 7.05 Å². The summed E-state index contributed by atoms with van der Waals surface area (Å²) < 4.78 is 7.67. The molecule has 122 valence electrons. The lowest BCUT2D eigenvalue weighted by molar-refractivity contribution is -0.0119. The number of fused-ring (bicyclic) bond motifs is 1. The maximum atomic E-state index is 5.96. The van der Waals surface area contributed by atoms with Gasteiger partial charge in [-0.2, -0.15) is 0 Å². The highest BCUT2D eigenvalue weighted by molar-refractivity contribution is 6.30. The highest BCUT2D eigenvalue weighted by Gasteiger charge is 2.31. The summed E-state index contributed by atoms with van der Waals surface area (Å²) in [7, 11) is 2.02. The normalized spacial score (nSPS) is 22.2. The van der Waals surface area contributed by atoms with Crippen LogP contribution in [-0.4, -0.2) is 65.1 Å². The molecule has 1 aromatic heterocycles. The number of anilines is 1. The van der Waals surface area contributed by atoms with Crippen LogP contribution in [0.3, 0.4) is 0 Å². The van der Waals surface area contributed by atoms with Crippen LogP contribution in [0.15, 0.2) is 24.3 Å². The van der Waals surface area contributed by atoms with E-state index in [1.54, 1.807) is 0 Å². The summed E-state index contributed by atoms with van der Waals surface area (Å²) >= 11 is 5.96. The number of benzene rings is 1. The number of rotatable bonds is 2. The Morgan fingerprint density at radius 2 is 1.96 bits per heavy atom. The van der Waals surface area contributed by atoms with E-state index in [2.05, 4.69) is 24.6 Å². The Hall–Kier alpha value is -1.63. The zero-order valence-electron chi connectivity index (χ0n) is 13.2. The summed E-state index contributed by atoms with van der Waals surface area (Å²) in [6.07, 6.45) is 0. The molecule has 1 aromatic carbocycles. The Bertz CT molecular complexity index is 686. The molecule has 23 heavy (non-hydrogen) atoms. The van der Waals surface area contributed by atoms with Crippen molar-refractivity contribution in [1.82, 2.24) is 19.7 Å². The van der Waals surface area contributed by atoms with Gasteiger partial charge in [-0.15, -0.1) is 10.2 Å². The van der Waals surface area contributed by atoms with Crippen LogP contribution in [-0.2, 0) is 11.8 Å². The molecule has 0 N–H and O–H groups in total. The third-order valence-electron chi connectivity index (χ3n) is 4.67. The van der Waals surface area contributed by atoms with Crippen molar-refractivity contribution in [3.05, 3.63) is 29.3 Å². The lowest BCUT2D eigenvalue weighted by atomic mass is 10.1. The molecule has 0 spiro atoms. The molecule has 1 atom stereocenters. The number of aromatic nitrogens is 3. The molecule has 2 fully saturated rings. The Labute approximate surface area is 140 Å².